The van der Waals surface area contributed by atoms with Gasteiger partial charge in [0.15, 0.2) is 5.52 Å². The van der Waals surface area contributed by atoms with Gasteiger partial charge in [-0.3, -0.25) is 9.48 Å². The van der Waals surface area contributed by atoms with Crippen LogP contribution in [-0.4, -0.2) is 82.2 Å². The summed E-state index contributed by atoms with van der Waals surface area (Å²) in [6, 6.07) is 1.48. The Morgan fingerprint density at radius 3 is 2.55 bits per heavy atom. The molecule has 1 aliphatic rings. The lowest BCUT2D eigenvalue weighted by Crippen LogP contribution is -2.47. The molecule has 1 N–H and O–H groups in total. The van der Waals surface area contributed by atoms with Gasteiger partial charge in [-0.1, -0.05) is 13.3 Å². The van der Waals surface area contributed by atoms with Crippen molar-refractivity contribution >= 4 is 21.1 Å². The van der Waals surface area contributed by atoms with Crippen molar-refractivity contribution in [2.45, 2.75) is 31.6 Å². The summed E-state index contributed by atoms with van der Waals surface area (Å²) in [6.45, 7) is 6.27. The van der Waals surface area contributed by atoms with Crippen LogP contribution in [-0.2, 0) is 23.5 Å². The molecule has 1 saturated heterocycles. The number of rotatable bonds is 7. The van der Waals surface area contributed by atoms with Crippen LogP contribution < -0.4 is 10.3 Å². The summed E-state index contributed by atoms with van der Waals surface area (Å²) in [5, 5.41) is 4.44. The molecule has 4 rings (SSSR count). The minimum Gasteiger partial charge on any atom is -0.477 e. The lowest BCUT2D eigenvalue weighted by atomic mass is 10.2. The zero-order chi connectivity index (χ0) is 23.8. The summed E-state index contributed by atoms with van der Waals surface area (Å²) in [4.78, 5) is 26.7. The van der Waals surface area contributed by atoms with Gasteiger partial charge in [-0.15, -0.1) is 0 Å². The van der Waals surface area contributed by atoms with Crippen molar-refractivity contribution in [1.82, 2.24) is 33.9 Å². The van der Waals surface area contributed by atoms with Crippen molar-refractivity contribution in [3.8, 4) is 17.3 Å². The molecule has 3 aromatic rings. The van der Waals surface area contributed by atoms with Gasteiger partial charge in [0.2, 0.25) is 15.9 Å². The normalized spacial score (nSPS) is 15.9. The second-order valence-corrected chi connectivity index (χ2v) is 10.0. The maximum Gasteiger partial charge on any atom is 0.277 e. The maximum absolute atomic E-state index is 13.3. The number of hydrogen-bond donors (Lipinski definition) is 1. The predicted molar refractivity (Wildman–Crippen MR) is 124 cm³/mol. The summed E-state index contributed by atoms with van der Waals surface area (Å²) in [5.74, 6) is 0.405. The Balaban J connectivity index is 1.85. The van der Waals surface area contributed by atoms with Crippen molar-refractivity contribution in [2.75, 3.05) is 39.8 Å². The van der Waals surface area contributed by atoms with Gasteiger partial charge in [-0.2, -0.15) is 9.40 Å². The van der Waals surface area contributed by atoms with Gasteiger partial charge in [0.1, 0.15) is 16.2 Å². The highest BCUT2D eigenvalue weighted by Crippen LogP contribution is 2.30. The Hall–Kier alpha value is -2.83. The van der Waals surface area contributed by atoms with E-state index >= 15 is 0 Å². The minimum absolute atomic E-state index is 0.0354. The molecule has 1 fully saturated rings. The largest absolute Gasteiger partial charge is 0.477 e. The van der Waals surface area contributed by atoms with E-state index < -0.39 is 10.0 Å². The molecule has 0 aliphatic carbocycles. The Labute approximate surface area is 192 Å². The summed E-state index contributed by atoms with van der Waals surface area (Å²) < 4.78 is 35.2. The summed E-state index contributed by atoms with van der Waals surface area (Å²) in [7, 11) is -0.0955. The van der Waals surface area contributed by atoms with Crippen LogP contribution in [0.4, 0.5) is 0 Å². The van der Waals surface area contributed by atoms with Crippen LogP contribution in [0.15, 0.2) is 22.0 Å². The molecule has 178 valence electrons. The molecule has 4 heterocycles. The number of aryl methyl sites for hydroxylation is 2. The second-order valence-electron chi connectivity index (χ2n) is 8.10. The molecular weight excluding hydrogens is 446 g/mol. The third-order valence-corrected chi connectivity index (χ3v) is 7.58. The van der Waals surface area contributed by atoms with Gasteiger partial charge in [-0.05, 0) is 26.5 Å². The lowest BCUT2D eigenvalue weighted by molar-refractivity contribution is 0.222. The van der Waals surface area contributed by atoms with Gasteiger partial charge in [-0.25, -0.2) is 18.4 Å². The first-order valence-corrected chi connectivity index (χ1v) is 12.5. The van der Waals surface area contributed by atoms with Gasteiger partial charge in [0, 0.05) is 33.2 Å². The number of likely N-dealkylation sites (N-methyl/N-ethyl adjacent to an activating group) is 1. The number of piperazine rings is 1. The molecule has 1 aliphatic heterocycles. The topological polar surface area (TPSA) is 126 Å². The van der Waals surface area contributed by atoms with Crippen molar-refractivity contribution in [3.05, 3.63) is 28.3 Å². The number of hydrogen-bond acceptors (Lipinski definition) is 8. The number of sulfonamides is 1. The monoisotopic (exact) mass is 475 g/mol. The van der Waals surface area contributed by atoms with Gasteiger partial charge in [0.05, 0.1) is 24.1 Å². The summed E-state index contributed by atoms with van der Waals surface area (Å²) >= 11 is 0. The zero-order valence-electron chi connectivity index (χ0n) is 19.3. The average molecular weight is 476 g/mol. The quantitative estimate of drug-likeness (QED) is 0.536. The van der Waals surface area contributed by atoms with Gasteiger partial charge < -0.3 is 14.6 Å². The first-order chi connectivity index (χ1) is 15.8. The predicted octanol–water partition coefficient (Wildman–Crippen LogP) is 1.01. The number of ether oxygens (including phenoxy) is 1. The molecule has 0 unspecified atom stereocenters. The van der Waals surface area contributed by atoms with Gasteiger partial charge in [0.25, 0.3) is 5.56 Å². The smallest absolute Gasteiger partial charge is 0.277 e. The Morgan fingerprint density at radius 1 is 1.15 bits per heavy atom. The Bertz CT molecular complexity index is 1320. The molecule has 0 bridgehead atoms. The van der Waals surface area contributed by atoms with Crippen LogP contribution in [0.1, 0.15) is 26.0 Å². The fourth-order valence-corrected chi connectivity index (χ4v) is 5.35. The third-order valence-electron chi connectivity index (χ3n) is 5.71. The van der Waals surface area contributed by atoms with Gasteiger partial charge >= 0.3 is 0 Å². The highest BCUT2D eigenvalue weighted by molar-refractivity contribution is 7.89. The third kappa shape index (κ3) is 4.37. The Kier molecular flexibility index (Phi) is 6.50. The molecular formula is C21H29N7O4S. The van der Waals surface area contributed by atoms with Crippen LogP contribution in [0.25, 0.3) is 22.4 Å². The first kappa shape index (κ1) is 23.3. The number of fused-ring (bicyclic) bond motifs is 1. The summed E-state index contributed by atoms with van der Waals surface area (Å²) in [6.07, 6.45) is 2.81. The summed E-state index contributed by atoms with van der Waals surface area (Å²) in [5.41, 5.74) is 1.54. The number of nitrogens with zero attached hydrogens (tertiary/aromatic N) is 6. The molecule has 12 heteroatoms. The van der Waals surface area contributed by atoms with Crippen molar-refractivity contribution in [2.24, 2.45) is 7.05 Å². The molecule has 0 saturated carbocycles. The van der Waals surface area contributed by atoms with Crippen LogP contribution in [0.2, 0.25) is 0 Å². The molecule has 33 heavy (non-hydrogen) atoms. The first-order valence-electron chi connectivity index (χ1n) is 11.0. The number of aromatic nitrogens is 5. The fourth-order valence-electron chi connectivity index (χ4n) is 3.95. The highest BCUT2D eigenvalue weighted by atomic mass is 32.2. The van der Waals surface area contributed by atoms with Crippen LogP contribution >= 0.6 is 0 Å². The van der Waals surface area contributed by atoms with E-state index in [4.69, 9.17) is 4.74 Å². The van der Waals surface area contributed by atoms with Crippen LogP contribution in [0, 0.1) is 0 Å². The van der Waals surface area contributed by atoms with Crippen LogP contribution in [0.5, 0.6) is 5.88 Å². The van der Waals surface area contributed by atoms with E-state index in [9.17, 15) is 13.2 Å². The highest BCUT2D eigenvalue weighted by Gasteiger charge is 2.29. The lowest BCUT2D eigenvalue weighted by Gasteiger charge is -2.31. The second kappa shape index (κ2) is 9.20. The van der Waals surface area contributed by atoms with E-state index in [0.717, 1.165) is 12.1 Å². The molecule has 11 nitrogen and oxygen atoms in total. The minimum atomic E-state index is -3.76. The van der Waals surface area contributed by atoms with Crippen LogP contribution in [0.3, 0.4) is 0 Å². The SMILES string of the molecule is CCCc1nn(C)c2c(=O)[nH]c(-c3cc(S(=O)(=O)N4CCN(C)CC4)cnc3OCC)nc12. The molecule has 0 spiro atoms. The molecule has 0 radical (unpaired) electrons. The maximum atomic E-state index is 13.3. The van der Waals surface area contributed by atoms with E-state index in [0.29, 0.717) is 55.8 Å². The average Bonchev–Trinajstić information content (AvgIpc) is 3.10. The van der Waals surface area contributed by atoms with E-state index in [1.807, 2.05) is 14.0 Å². The van der Waals surface area contributed by atoms with Crippen molar-refractivity contribution < 1.29 is 13.2 Å². The zero-order valence-corrected chi connectivity index (χ0v) is 20.1. The number of aromatic amines is 1. The molecule has 3 aromatic heterocycles. The molecule has 0 amide bonds. The fraction of sp³-hybridized carbons (Fsp3) is 0.524. The van der Waals surface area contributed by atoms with Crippen molar-refractivity contribution in [1.29, 1.82) is 0 Å². The molecule has 0 atom stereocenters. The molecule has 0 aromatic carbocycles. The number of pyridine rings is 1. The standard InChI is InChI=1S/C21H29N7O4S/c1-5-7-16-17-18(27(4)25-16)20(29)24-19(23-17)15-12-14(13-22-21(15)32-6-2)33(30,31)28-10-8-26(3)9-11-28/h12-13H,5-11H2,1-4H3,(H,23,24,29). The van der Waals surface area contributed by atoms with E-state index in [1.165, 1.54) is 21.3 Å². The number of H-pyrrole nitrogens is 1. The number of nitrogens with one attached hydrogen (secondary N) is 1. The Morgan fingerprint density at radius 2 is 1.88 bits per heavy atom. The van der Waals surface area contributed by atoms with E-state index in [-0.39, 0.29) is 22.2 Å². The van der Waals surface area contributed by atoms with Crippen molar-refractivity contribution in [3.63, 3.8) is 0 Å². The van der Waals surface area contributed by atoms with E-state index in [2.05, 4.69) is 25.0 Å². The van der Waals surface area contributed by atoms with E-state index in [1.54, 1.807) is 14.0 Å².